The van der Waals surface area contributed by atoms with Gasteiger partial charge in [0.1, 0.15) is 6.10 Å². The Kier molecular flexibility index (Phi) is 3.72. The van der Waals surface area contributed by atoms with Crippen molar-refractivity contribution in [2.45, 2.75) is 46.1 Å². The Hall–Kier alpha value is -1.06. The largest absolute Gasteiger partial charge is 0.465 e. The van der Waals surface area contributed by atoms with Crippen LogP contribution in [0.2, 0.25) is 0 Å². The molecule has 4 nitrogen and oxygen atoms in total. The quantitative estimate of drug-likeness (QED) is 0.527. The van der Waals surface area contributed by atoms with Gasteiger partial charge in [-0.05, 0) is 20.3 Å². The molecule has 1 aliphatic heterocycles. The summed E-state index contributed by atoms with van der Waals surface area (Å²) in [6, 6.07) is 0. The van der Waals surface area contributed by atoms with E-state index in [0.29, 0.717) is 19.4 Å². The average molecular weight is 214 g/mol. The zero-order valence-electron chi connectivity index (χ0n) is 9.54. The van der Waals surface area contributed by atoms with Gasteiger partial charge in [-0.2, -0.15) is 0 Å². The number of hydrogen-bond acceptors (Lipinski definition) is 4. The maximum absolute atomic E-state index is 11.8. The second-order valence-electron chi connectivity index (χ2n) is 3.97. The lowest BCUT2D eigenvalue weighted by atomic mass is 9.80. The van der Waals surface area contributed by atoms with Crippen molar-refractivity contribution in [2.24, 2.45) is 5.41 Å². The van der Waals surface area contributed by atoms with Gasteiger partial charge in [0, 0.05) is 6.42 Å². The van der Waals surface area contributed by atoms with Gasteiger partial charge in [0.2, 0.25) is 0 Å². The molecule has 86 valence electrons. The van der Waals surface area contributed by atoms with Crippen molar-refractivity contribution in [1.29, 1.82) is 0 Å². The zero-order valence-corrected chi connectivity index (χ0v) is 9.54. The molecule has 0 bridgehead atoms. The van der Waals surface area contributed by atoms with Crippen molar-refractivity contribution in [3.63, 3.8) is 0 Å². The van der Waals surface area contributed by atoms with E-state index in [0.717, 1.165) is 6.42 Å². The highest BCUT2D eigenvalue weighted by molar-refractivity contribution is 6.01. The summed E-state index contributed by atoms with van der Waals surface area (Å²) in [4.78, 5) is 23.5. The molecular formula is C11H18O4. The topological polar surface area (TPSA) is 52.6 Å². The maximum Gasteiger partial charge on any atom is 0.323 e. The van der Waals surface area contributed by atoms with Gasteiger partial charge in [-0.1, -0.05) is 13.3 Å². The standard InChI is InChI=1S/C11H18O4/c1-4-6-11(9(12)14-5-2)7-8(3)15-10(11)13/h8H,4-7H2,1-3H3. The monoisotopic (exact) mass is 214 g/mol. The molecule has 1 rings (SSSR count). The summed E-state index contributed by atoms with van der Waals surface area (Å²) in [6.45, 7) is 5.78. The summed E-state index contributed by atoms with van der Waals surface area (Å²) in [7, 11) is 0. The predicted molar refractivity (Wildman–Crippen MR) is 54.1 cm³/mol. The van der Waals surface area contributed by atoms with Gasteiger partial charge in [0.25, 0.3) is 0 Å². The first kappa shape index (κ1) is 12.0. The molecule has 0 saturated carbocycles. The molecule has 0 N–H and O–H groups in total. The van der Waals surface area contributed by atoms with Gasteiger partial charge in [-0.3, -0.25) is 9.59 Å². The lowest BCUT2D eigenvalue weighted by Gasteiger charge is -2.21. The first-order chi connectivity index (χ1) is 7.06. The molecule has 1 saturated heterocycles. The highest BCUT2D eigenvalue weighted by Gasteiger charge is 2.54. The van der Waals surface area contributed by atoms with Crippen LogP contribution < -0.4 is 0 Å². The molecule has 1 heterocycles. The van der Waals surface area contributed by atoms with Crippen LogP contribution >= 0.6 is 0 Å². The van der Waals surface area contributed by atoms with Gasteiger partial charge in [-0.25, -0.2) is 0 Å². The van der Waals surface area contributed by atoms with E-state index in [1.807, 2.05) is 6.92 Å². The van der Waals surface area contributed by atoms with Crippen LogP contribution in [0, 0.1) is 5.41 Å². The first-order valence-corrected chi connectivity index (χ1v) is 5.45. The average Bonchev–Trinajstić information content (AvgIpc) is 2.43. The van der Waals surface area contributed by atoms with Crippen molar-refractivity contribution >= 4 is 11.9 Å². The fraction of sp³-hybridized carbons (Fsp3) is 0.818. The lowest BCUT2D eigenvalue weighted by molar-refractivity contribution is -0.165. The van der Waals surface area contributed by atoms with Crippen LogP contribution in [0.4, 0.5) is 0 Å². The van der Waals surface area contributed by atoms with Crippen molar-refractivity contribution in [2.75, 3.05) is 6.61 Å². The zero-order chi connectivity index (χ0) is 11.5. The summed E-state index contributed by atoms with van der Waals surface area (Å²) < 4.78 is 10.0. The molecule has 0 aliphatic carbocycles. The number of hydrogen-bond donors (Lipinski definition) is 0. The normalized spacial score (nSPS) is 30.1. The van der Waals surface area contributed by atoms with E-state index in [1.165, 1.54) is 0 Å². The molecule has 4 heteroatoms. The number of carbonyl (C=O) groups is 2. The van der Waals surface area contributed by atoms with Crippen LogP contribution in [0.5, 0.6) is 0 Å². The van der Waals surface area contributed by atoms with Crippen molar-refractivity contribution in [3.05, 3.63) is 0 Å². The van der Waals surface area contributed by atoms with Crippen LogP contribution in [0.1, 0.15) is 40.0 Å². The molecule has 1 aliphatic rings. The fourth-order valence-electron chi connectivity index (χ4n) is 2.08. The molecule has 15 heavy (non-hydrogen) atoms. The van der Waals surface area contributed by atoms with Gasteiger partial charge in [0.15, 0.2) is 5.41 Å². The summed E-state index contributed by atoms with van der Waals surface area (Å²) in [6.07, 6.45) is 1.53. The molecule has 0 aromatic heterocycles. The minimum Gasteiger partial charge on any atom is -0.465 e. The number of cyclic esters (lactones) is 1. The predicted octanol–water partition coefficient (Wildman–Crippen LogP) is 1.67. The highest BCUT2D eigenvalue weighted by Crippen LogP contribution is 2.39. The molecule has 2 atom stereocenters. The van der Waals surface area contributed by atoms with E-state index >= 15 is 0 Å². The van der Waals surface area contributed by atoms with Gasteiger partial charge >= 0.3 is 11.9 Å². The Morgan fingerprint density at radius 3 is 2.67 bits per heavy atom. The van der Waals surface area contributed by atoms with Crippen LogP contribution in [-0.2, 0) is 19.1 Å². The molecule has 0 aromatic carbocycles. The molecular weight excluding hydrogens is 196 g/mol. The number of carbonyl (C=O) groups excluding carboxylic acids is 2. The lowest BCUT2D eigenvalue weighted by Crippen LogP contribution is -2.37. The van der Waals surface area contributed by atoms with Gasteiger partial charge in [0.05, 0.1) is 6.61 Å². The summed E-state index contributed by atoms with van der Waals surface area (Å²) in [5.41, 5.74) is -1.04. The maximum atomic E-state index is 11.8. The molecule has 0 amide bonds. The van der Waals surface area contributed by atoms with E-state index < -0.39 is 17.4 Å². The summed E-state index contributed by atoms with van der Waals surface area (Å²) in [5.74, 6) is -0.850. The summed E-state index contributed by atoms with van der Waals surface area (Å²) in [5, 5.41) is 0. The third-order valence-corrected chi connectivity index (χ3v) is 2.68. The van der Waals surface area contributed by atoms with Crippen LogP contribution in [-0.4, -0.2) is 24.6 Å². The molecule has 1 fully saturated rings. The fourth-order valence-corrected chi connectivity index (χ4v) is 2.08. The van der Waals surface area contributed by atoms with Gasteiger partial charge < -0.3 is 9.47 Å². The molecule has 0 spiro atoms. The Morgan fingerprint density at radius 2 is 2.27 bits per heavy atom. The SMILES string of the molecule is CCCC1(C(=O)OCC)CC(C)OC1=O. The van der Waals surface area contributed by atoms with Gasteiger partial charge in [-0.15, -0.1) is 0 Å². The van der Waals surface area contributed by atoms with E-state index in [2.05, 4.69) is 0 Å². The van der Waals surface area contributed by atoms with Crippen molar-refractivity contribution in [1.82, 2.24) is 0 Å². The number of rotatable bonds is 4. The van der Waals surface area contributed by atoms with Crippen LogP contribution in [0.25, 0.3) is 0 Å². The van der Waals surface area contributed by atoms with E-state index in [-0.39, 0.29) is 6.10 Å². The second kappa shape index (κ2) is 4.64. The van der Waals surface area contributed by atoms with E-state index in [1.54, 1.807) is 13.8 Å². The van der Waals surface area contributed by atoms with Crippen LogP contribution in [0.3, 0.4) is 0 Å². The van der Waals surface area contributed by atoms with Crippen molar-refractivity contribution in [3.8, 4) is 0 Å². The van der Waals surface area contributed by atoms with Crippen LogP contribution in [0.15, 0.2) is 0 Å². The Morgan fingerprint density at radius 1 is 1.60 bits per heavy atom. The minimum absolute atomic E-state index is 0.187. The molecule has 0 aromatic rings. The molecule has 2 unspecified atom stereocenters. The van der Waals surface area contributed by atoms with Crippen molar-refractivity contribution < 1.29 is 19.1 Å². The first-order valence-electron chi connectivity index (χ1n) is 5.45. The second-order valence-corrected chi connectivity index (χ2v) is 3.97. The number of ether oxygens (including phenoxy) is 2. The Labute approximate surface area is 89.9 Å². The third-order valence-electron chi connectivity index (χ3n) is 2.68. The van der Waals surface area contributed by atoms with E-state index in [9.17, 15) is 9.59 Å². The third kappa shape index (κ3) is 2.13. The van der Waals surface area contributed by atoms with E-state index in [4.69, 9.17) is 9.47 Å². The molecule has 0 radical (unpaired) electrons. The Balaban J connectivity index is 2.88. The Bertz CT molecular complexity index is 261. The minimum atomic E-state index is -1.04. The smallest absolute Gasteiger partial charge is 0.323 e. The highest BCUT2D eigenvalue weighted by atomic mass is 16.6. The summed E-state index contributed by atoms with van der Waals surface area (Å²) >= 11 is 0. The number of esters is 2.